The zero-order valence-electron chi connectivity index (χ0n) is 13.0. The highest BCUT2D eigenvalue weighted by atomic mass is 35.5. The molecule has 1 saturated carbocycles. The second-order valence-electron chi connectivity index (χ2n) is 6.48. The number of aromatic nitrogens is 2. The lowest BCUT2D eigenvalue weighted by Gasteiger charge is -2.33. The molecule has 0 bridgehead atoms. The molecule has 4 atom stereocenters. The van der Waals surface area contributed by atoms with Gasteiger partial charge in [0, 0.05) is 28.4 Å². The van der Waals surface area contributed by atoms with Crippen LogP contribution in [-0.4, -0.2) is 34.0 Å². The fourth-order valence-electron chi connectivity index (χ4n) is 3.81. The first-order chi connectivity index (χ1) is 11.6. The Hall–Kier alpha value is -1.96. The number of rotatable bonds is 3. The molecule has 0 spiro atoms. The SMILES string of the molecule is NC(=O)C1NNC2CCC(Nc3ncnc4cc(Cl)ccc34)CC21. The van der Waals surface area contributed by atoms with Crippen LogP contribution in [0.3, 0.4) is 0 Å². The monoisotopic (exact) mass is 346 g/mol. The molecular weight excluding hydrogens is 328 g/mol. The number of nitrogens with one attached hydrogen (secondary N) is 3. The van der Waals surface area contributed by atoms with Gasteiger partial charge in [0.25, 0.3) is 0 Å². The van der Waals surface area contributed by atoms with E-state index in [0.29, 0.717) is 11.1 Å². The third kappa shape index (κ3) is 2.79. The molecule has 2 fully saturated rings. The van der Waals surface area contributed by atoms with Crippen molar-refractivity contribution < 1.29 is 4.79 Å². The Balaban J connectivity index is 1.55. The summed E-state index contributed by atoms with van der Waals surface area (Å²) < 4.78 is 0. The third-order valence-corrected chi connectivity index (χ3v) is 5.23. The van der Waals surface area contributed by atoms with Crippen molar-refractivity contribution in [1.82, 2.24) is 20.8 Å². The summed E-state index contributed by atoms with van der Waals surface area (Å²) in [5.74, 6) is 0.684. The summed E-state index contributed by atoms with van der Waals surface area (Å²) in [6.07, 6.45) is 4.38. The van der Waals surface area contributed by atoms with Crippen LogP contribution in [0, 0.1) is 5.92 Å². The first-order valence-electron chi connectivity index (χ1n) is 8.09. The zero-order valence-corrected chi connectivity index (χ0v) is 13.8. The maximum absolute atomic E-state index is 11.6. The van der Waals surface area contributed by atoms with Gasteiger partial charge in [-0.05, 0) is 37.5 Å². The van der Waals surface area contributed by atoms with Gasteiger partial charge >= 0.3 is 0 Å². The number of hydrogen-bond acceptors (Lipinski definition) is 6. The molecule has 2 aliphatic rings. The number of anilines is 1. The van der Waals surface area contributed by atoms with Gasteiger partial charge in [-0.25, -0.2) is 15.4 Å². The topological polar surface area (TPSA) is 105 Å². The minimum absolute atomic E-state index is 0.191. The van der Waals surface area contributed by atoms with Crippen LogP contribution in [0.5, 0.6) is 0 Å². The Morgan fingerprint density at radius 2 is 2.17 bits per heavy atom. The molecule has 2 heterocycles. The molecule has 2 aromatic rings. The van der Waals surface area contributed by atoms with Gasteiger partial charge in [0.1, 0.15) is 18.2 Å². The molecule has 4 unspecified atom stereocenters. The highest BCUT2D eigenvalue weighted by molar-refractivity contribution is 6.31. The van der Waals surface area contributed by atoms with Gasteiger partial charge in [0.15, 0.2) is 0 Å². The molecule has 1 amide bonds. The molecule has 0 radical (unpaired) electrons. The number of hydrazine groups is 1. The second-order valence-corrected chi connectivity index (χ2v) is 6.91. The molecule has 5 N–H and O–H groups in total. The summed E-state index contributed by atoms with van der Waals surface area (Å²) in [4.78, 5) is 20.2. The van der Waals surface area contributed by atoms with Crippen molar-refractivity contribution in [3.8, 4) is 0 Å². The lowest BCUT2D eigenvalue weighted by atomic mass is 9.79. The molecule has 7 nitrogen and oxygen atoms in total. The number of nitrogens with two attached hydrogens (primary N) is 1. The van der Waals surface area contributed by atoms with Crippen LogP contribution in [0.2, 0.25) is 5.02 Å². The van der Waals surface area contributed by atoms with E-state index in [4.69, 9.17) is 17.3 Å². The fourth-order valence-corrected chi connectivity index (χ4v) is 3.98. The van der Waals surface area contributed by atoms with Crippen LogP contribution in [0.4, 0.5) is 5.82 Å². The normalized spacial score (nSPS) is 29.4. The summed E-state index contributed by atoms with van der Waals surface area (Å²) in [7, 11) is 0. The highest BCUT2D eigenvalue weighted by Gasteiger charge is 2.42. The Labute approximate surface area is 144 Å². The predicted molar refractivity (Wildman–Crippen MR) is 92.3 cm³/mol. The van der Waals surface area contributed by atoms with Gasteiger partial charge in [-0.3, -0.25) is 10.2 Å². The average Bonchev–Trinajstić information content (AvgIpc) is 2.98. The first-order valence-corrected chi connectivity index (χ1v) is 8.47. The molecule has 8 heteroatoms. The van der Waals surface area contributed by atoms with Gasteiger partial charge in [0.2, 0.25) is 5.91 Å². The molecule has 1 saturated heterocycles. The minimum atomic E-state index is -0.319. The third-order valence-electron chi connectivity index (χ3n) is 5.00. The van der Waals surface area contributed by atoms with Crippen LogP contribution in [0.15, 0.2) is 24.5 Å². The van der Waals surface area contributed by atoms with Crippen molar-refractivity contribution in [2.24, 2.45) is 11.7 Å². The molecular formula is C16H19ClN6O. The van der Waals surface area contributed by atoms with E-state index in [9.17, 15) is 4.79 Å². The van der Waals surface area contributed by atoms with Gasteiger partial charge in [-0.2, -0.15) is 0 Å². The van der Waals surface area contributed by atoms with E-state index >= 15 is 0 Å². The van der Waals surface area contributed by atoms with Crippen molar-refractivity contribution in [1.29, 1.82) is 0 Å². The number of carbonyl (C=O) groups excluding carboxylic acids is 1. The Morgan fingerprint density at radius 1 is 1.29 bits per heavy atom. The van der Waals surface area contributed by atoms with Crippen LogP contribution < -0.4 is 21.9 Å². The standard InChI is InChI=1S/C16H19ClN6O/c17-8-1-3-10-13(5-8)19-7-20-16(10)21-9-2-4-12-11(6-9)14(15(18)24)23-22-12/h1,3,5,7,9,11-12,14,22-23H,2,4,6H2,(H2,18,24)(H,19,20,21). The lowest BCUT2D eigenvalue weighted by Crippen LogP contribution is -2.44. The molecule has 1 aliphatic carbocycles. The predicted octanol–water partition coefficient (Wildman–Crippen LogP) is 1.19. The maximum atomic E-state index is 11.6. The van der Waals surface area contributed by atoms with Gasteiger partial charge in [-0.1, -0.05) is 11.6 Å². The first kappa shape index (κ1) is 15.6. The highest BCUT2D eigenvalue weighted by Crippen LogP contribution is 2.33. The van der Waals surface area contributed by atoms with E-state index in [0.717, 1.165) is 36.0 Å². The number of primary amides is 1. The summed E-state index contributed by atoms with van der Waals surface area (Å²) in [5, 5.41) is 5.11. The van der Waals surface area contributed by atoms with Crippen molar-refractivity contribution in [3.63, 3.8) is 0 Å². The van der Waals surface area contributed by atoms with Crippen LogP contribution >= 0.6 is 11.6 Å². The second kappa shape index (κ2) is 6.16. The quantitative estimate of drug-likeness (QED) is 0.665. The average molecular weight is 347 g/mol. The van der Waals surface area contributed by atoms with Crippen molar-refractivity contribution >= 4 is 34.2 Å². The number of benzene rings is 1. The summed E-state index contributed by atoms with van der Waals surface area (Å²) in [5.41, 5.74) is 12.5. The van der Waals surface area contributed by atoms with Crippen molar-refractivity contribution in [2.75, 3.05) is 5.32 Å². The summed E-state index contributed by atoms with van der Waals surface area (Å²) >= 11 is 6.03. The number of carbonyl (C=O) groups is 1. The van der Waals surface area contributed by atoms with Crippen molar-refractivity contribution in [2.45, 2.75) is 37.4 Å². The van der Waals surface area contributed by atoms with Gasteiger partial charge in [0.05, 0.1) is 5.52 Å². The van der Waals surface area contributed by atoms with Crippen LogP contribution in [0.25, 0.3) is 10.9 Å². The van der Waals surface area contributed by atoms with Crippen LogP contribution in [-0.2, 0) is 4.79 Å². The molecule has 126 valence electrons. The Kier molecular flexibility index (Phi) is 3.99. The minimum Gasteiger partial charge on any atom is -0.368 e. The van der Waals surface area contributed by atoms with E-state index in [1.54, 1.807) is 0 Å². The number of fused-ring (bicyclic) bond motifs is 2. The molecule has 1 aromatic carbocycles. The molecule has 1 aliphatic heterocycles. The summed E-state index contributed by atoms with van der Waals surface area (Å²) in [6.45, 7) is 0. The Morgan fingerprint density at radius 3 is 3.00 bits per heavy atom. The zero-order chi connectivity index (χ0) is 16.7. The fraction of sp³-hybridized carbons (Fsp3) is 0.438. The molecule has 24 heavy (non-hydrogen) atoms. The van der Waals surface area contributed by atoms with E-state index in [1.807, 2.05) is 18.2 Å². The van der Waals surface area contributed by atoms with E-state index in [-0.39, 0.29) is 23.9 Å². The maximum Gasteiger partial charge on any atom is 0.236 e. The van der Waals surface area contributed by atoms with E-state index < -0.39 is 0 Å². The molecule has 1 aromatic heterocycles. The summed E-state index contributed by atoms with van der Waals surface area (Å²) in [6, 6.07) is 5.81. The number of nitrogens with zero attached hydrogens (tertiary/aromatic N) is 2. The Bertz CT molecular complexity index is 784. The van der Waals surface area contributed by atoms with Gasteiger partial charge in [-0.15, -0.1) is 0 Å². The molecule has 4 rings (SSSR count). The smallest absolute Gasteiger partial charge is 0.236 e. The van der Waals surface area contributed by atoms with Crippen molar-refractivity contribution in [3.05, 3.63) is 29.5 Å². The number of hydrogen-bond donors (Lipinski definition) is 4. The lowest BCUT2D eigenvalue weighted by molar-refractivity contribution is -0.120. The largest absolute Gasteiger partial charge is 0.368 e. The van der Waals surface area contributed by atoms with Gasteiger partial charge < -0.3 is 11.1 Å². The van der Waals surface area contributed by atoms with Crippen LogP contribution in [0.1, 0.15) is 19.3 Å². The number of halogens is 1. The van der Waals surface area contributed by atoms with E-state index in [1.165, 1.54) is 6.33 Å². The number of amides is 1. The van der Waals surface area contributed by atoms with E-state index in [2.05, 4.69) is 26.1 Å².